The third-order valence-electron chi connectivity index (χ3n) is 3.03. The van der Waals surface area contributed by atoms with Gasteiger partial charge in [0.25, 0.3) is 0 Å². The van der Waals surface area contributed by atoms with Crippen molar-refractivity contribution in [3.63, 3.8) is 0 Å². The van der Waals surface area contributed by atoms with Gasteiger partial charge in [-0.3, -0.25) is 4.68 Å². The number of hydrogen-bond acceptors (Lipinski definition) is 4. The first-order chi connectivity index (χ1) is 10.0. The summed E-state index contributed by atoms with van der Waals surface area (Å²) in [5.41, 5.74) is 2.09. The lowest BCUT2D eigenvalue weighted by atomic mass is 10.2. The van der Waals surface area contributed by atoms with Crippen molar-refractivity contribution in [2.24, 2.45) is 7.05 Å². The number of hydrogen-bond donors (Lipinski definition) is 2. The van der Waals surface area contributed by atoms with Gasteiger partial charge in [-0.25, -0.2) is 4.98 Å². The molecule has 0 fully saturated rings. The van der Waals surface area contributed by atoms with E-state index in [4.69, 9.17) is 23.2 Å². The van der Waals surface area contributed by atoms with Crippen LogP contribution in [-0.4, -0.2) is 21.3 Å². The van der Waals surface area contributed by atoms with Crippen LogP contribution in [0.5, 0.6) is 0 Å². The van der Waals surface area contributed by atoms with E-state index in [-0.39, 0.29) is 0 Å². The number of pyridine rings is 1. The van der Waals surface area contributed by atoms with Gasteiger partial charge in [0.05, 0.1) is 15.7 Å². The maximum absolute atomic E-state index is 6.19. The molecule has 0 aromatic carbocycles. The Morgan fingerprint density at radius 3 is 2.43 bits per heavy atom. The lowest BCUT2D eigenvalue weighted by Gasteiger charge is -2.12. The molecular weight excluding hydrogens is 309 g/mol. The summed E-state index contributed by atoms with van der Waals surface area (Å²) in [6, 6.07) is 1.70. The summed E-state index contributed by atoms with van der Waals surface area (Å²) in [6.07, 6.45) is 2.97. The zero-order valence-electron chi connectivity index (χ0n) is 12.4. The Morgan fingerprint density at radius 1 is 1.19 bits per heavy atom. The molecule has 0 bridgehead atoms. The van der Waals surface area contributed by atoms with Crippen molar-refractivity contribution in [1.82, 2.24) is 14.8 Å². The third kappa shape index (κ3) is 4.02. The number of aryl methyl sites for hydroxylation is 2. The summed E-state index contributed by atoms with van der Waals surface area (Å²) in [5, 5.41) is 11.8. The summed E-state index contributed by atoms with van der Waals surface area (Å²) < 4.78 is 1.79. The molecule has 114 valence electrons. The molecule has 0 aliphatic carbocycles. The Balaban J connectivity index is 2.13. The molecular formula is C14H19Cl2N5. The number of aromatic nitrogens is 3. The molecule has 2 N–H and O–H groups in total. The van der Waals surface area contributed by atoms with E-state index in [1.807, 2.05) is 20.2 Å². The molecule has 0 atom stereocenters. The van der Waals surface area contributed by atoms with Crippen LogP contribution in [0.2, 0.25) is 10.0 Å². The average Bonchev–Trinajstić information content (AvgIpc) is 2.75. The summed E-state index contributed by atoms with van der Waals surface area (Å²) >= 11 is 12.3. The fourth-order valence-corrected chi connectivity index (χ4v) is 2.45. The first-order valence-electron chi connectivity index (χ1n) is 6.84. The van der Waals surface area contributed by atoms with Crippen LogP contribution in [-0.2, 0) is 13.6 Å². The third-order valence-corrected chi connectivity index (χ3v) is 3.61. The zero-order chi connectivity index (χ0) is 15.4. The van der Waals surface area contributed by atoms with E-state index in [2.05, 4.69) is 27.6 Å². The van der Waals surface area contributed by atoms with E-state index in [1.54, 1.807) is 10.7 Å². The second kappa shape index (κ2) is 7.00. The molecule has 0 aliphatic rings. The quantitative estimate of drug-likeness (QED) is 0.845. The van der Waals surface area contributed by atoms with Crippen LogP contribution in [0.3, 0.4) is 0 Å². The van der Waals surface area contributed by atoms with Crippen molar-refractivity contribution in [3.8, 4) is 0 Å². The summed E-state index contributed by atoms with van der Waals surface area (Å²) in [7, 11) is 1.90. The van der Waals surface area contributed by atoms with Gasteiger partial charge in [0.2, 0.25) is 0 Å². The van der Waals surface area contributed by atoms with Crippen molar-refractivity contribution >= 4 is 34.8 Å². The van der Waals surface area contributed by atoms with Gasteiger partial charge in [0, 0.05) is 31.9 Å². The fraction of sp³-hybridized carbons (Fsp3) is 0.429. The fourth-order valence-electron chi connectivity index (χ4n) is 1.96. The molecule has 2 rings (SSSR count). The van der Waals surface area contributed by atoms with Crippen molar-refractivity contribution in [3.05, 3.63) is 33.6 Å². The largest absolute Gasteiger partial charge is 0.369 e. The molecule has 0 radical (unpaired) electrons. The second-order valence-corrected chi connectivity index (χ2v) is 5.66. The van der Waals surface area contributed by atoms with Crippen LogP contribution in [0.25, 0.3) is 0 Å². The van der Waals surface area contributed by atoms with Crippen molar-refractivity contribution in [2.75, 3.05) is 17.2 Å². The van der Waals surface area contributed by atoms with Gasteiger partial charge in [-0.2, -0.15) is 5.10 Å². The van der Waals surface area contributed by atoms with E-state index in [0.29, 0.717) is 28.2 Å². The Bertz CT molecular complexity index is 624. The average molecular weight is 328 g/mol. The van der Waals surface area contributed by atoms with Crippen molar-refractivity contribution < 1.29 is 0 Å². The van der Waals surface area contributed by atoms with E-state index in [1.165, 1.54) is 0 Å². The topological polar surface area (TPSA) is 54.8 Å². The Morgan fingerprint density at radius 2 is 1.86 bits per heavy atom. The highest BCUT2D eigenvalue weighted by Gasteiger charge is 2.10. The van der Waals surface area contributed by atoms with E-state index < -0.39 is 0 Å². The minimum Gasteiger partial charge on any atom is -0.369 e. The van der Waals surface area contributed by atoms with Gasteiger partial charge >= 0.3 is 0 Å². The van der Waals surface area contributed by atoms with E-state index >= 15 is 0 Å². The molecule has 5 nitrogen and oxygen atoms in total. The number of halogens is 2. The van der Waals surface area contributed by atoms with Crippen LogP contribution >= 0.6 is 23.2 Å². The normalized spacial score (nSPS) is 10.7. The SMILES string of the molecule is CCCNc1nc(NCc2cn(C)nc2C)c(Cl)cc1Cl. The molecule has 0 amide bonds. The van der Waals surface area contributed by atoms with Gasteiger partial charge in [-0.1, -0.05) is 30.1 Å². The standard InChI is InChI=1S/C14H19Cl2N5/c1-4-5-17-13-11(15)6-12(16)14(19-13)18-7-10-8-21(3)20-9(10)2/h6,8H,4-5,7H2,1-3H3,(H2,17,18,19). The smallest absolute Gasteiger partial charge is 0.147 e. The summed E-state index contributed by atoms with van der Waals surface area (Å²) in [5.74, 6) is 1.26. The van der Waals surface area contributed by atoms with Gasteiger partial charge in [0.15, 0.2) is 0 Å². The number of rotatable bonds is 6. The second-order valence-electron chi connectivity index (χ2n) is 4.84. The Kier molecular flexibility index (Phi) is 5.31. The molecule has 0 saturated carbocycles. The Labute approximate surface area is 134 Å². The molecule has 2 aromatic heterocycles. The number of nitrogens with zero attached hydrogens (tertiary/aromatic N) is 3. The predicted molar refractivity (Wildman–Crippen MR) is 88.3 cm³/mol. The van der Waals surface area contributed by atoms with Gasteiger partial charge in [-0.05, 0) is 19.4 Å². The highest BCUT2D eigenvalue weighted by molar-refractivity contribution is 6.37. The maximum atomic E-state index is 6.19. The minimum absolute atomic E-state index is 0.503. The lowest BCUT2D eigenvalue weighted by Crippen LogP contribution is -2.07. The molecule has 21 heavy (non-hydrogen) atoms. The lowest BCUT2D eigenvalue weighted by molar-refractivity contribution is 0.756. The molecule has 0 spiro atoms. The zero-order valence-corrected chi connectivity index (χ0v) is 13.9. The van der Waals surface area contributed by atoms with E-state index in [9.17, 15) is 0 Å². The predicted octanol–water partition coefficient (Wildman–Crippen LogP) is 3.86. The molecule has 7 heteroatoms. The summed E-state index contributed by atoms with van der Waals surface area (Å²) in [4.78, 5) is 4.45. The first kappa shape index (κ1) is 15.9. The molecule has 0 unspecified atom stereocenters. The maximum Gasteiger partial charge on any atom is 0.147 e. The van der Waals surface area contributed by atoms with Crippen molar-refractivity contribution in [1.29, 1.82) is 0 Å². The first-order valence-corrected chi connectivity index (χ1v) is 7.59. The van der Waals surface area contributed by atoms with Gasteiger partial charge in [0.1, 0.15) is 11.6 Å². The highest BCUT2D eigenvalue weighted by Crippen LogP contribution is 2.29. The number of anilines is 2. The van der Waals surface area contributed by atoms with E-state index in [0.717, 1.165) is 24.2 Å². The summed E-state index contributed by atoms with van der Waals surface area (Å²) in [6.45, 7) is 5.49. The van der Waals surface area contributed by atoms with Crippen LogP contribution in [0.4, 0.5) is 11.6 Å². The Hall–Kier alpha value is -1.46. The molecule has 2 aromatic rings. The van der Waals surface area contributed by atoms with Gasteiger partial charge in [-0.15, -0.1) is 0 Å². The highest BCUT2D eigenvalue weighted by atomic mass is 35.5. The molecule has 0 aliphatic heterocycles. The monoisotopic (exact) mass is 327 g/mol. The van der Waals surface area contributed by atoms with Crippen LogP contribution in [0.1, 0.15) is 24.6 Å². The molecule has 2 heterocycles. The molecule has 0 saturated heterocycles. The van der Waals surface area contributed by atoms with Crippen LogP contribution in [0.15, 0.2) is 12.3 Å². The van der Waals surface area contributed by atoms with Gasteiger partial charge < -0.3 is 10.6 Å². The minimum atomic E-state index is 0.503. The van der Waals surface area contributed by atoms with Crippen molar-refractivity contribution in [2.45, 2.75) is 26.8 Å². The number of nitrogens with one attached hydrogen (secondary N) is 2. The van der Waals surface area contributed by atoms with Crippen LogP contribution < -0.4 is 10.6 Å². The van der Waals surface area contributed by atoms with Crippen LogP contribution in [0, 0.1) is 6.92 Å².